The molecule has 0 radical (unpaired) electrons. The highest BCUT2D eigenvalue weighted by molar-refractivity contribution is 5.70. The van der Waals surface area contributed by atoms with Gasteiger partial charge in [0.1, 0.15) is 11.4 Å². The van der Waals surface area contributed by atoms with Gasteiger partial charge in [-0.05, 0) is 45.4 Å². The molecule has 2 heterocycles. The van der Waals surface area contributed by atoms with Crippen molar-refractivity contribution in [1.29, 1.82) is 0 Å². The van der Waals surface area contributed by atoms with E-state index in [1.54, 1.807) is 17.0 Å². The van der Waals surface area contributed by atoms with Crippen LogP contribution in [0, 0.1) is 18.2 Å². The minimum atomic E-state index is -0.508. The molecule has 1 aromatic carbocycles. The van der Waals surface area contributed by atoms with Crippen LogP contribution in [0.5, 0.6) is 0 Å². The Balaban J connectivity index is 1.74. The zero-order valence-corrected chi connectivity index (χ0v) is 13.7. The summed E-state index contributed by atoms with van der Waals surface area (Å²) in [4.78, 5) is 16.0. The van der Waals surface area contributed by atoms with E-state index in [9.17, 15) is 9.18 Å². The van der Waals surface area contributed by atoms with Gasteiger partial charge in [-0.2, -0.15) is 0 Å². The Morgan fingerprint density at radius 3 is 2.65 bits per heavy atom. The Morgan fingerprint density at radius 1 is 1.35 bits per heavy atom. The molecule has 2 atom stereocenters. The molecule has 23 heavy (non-hydrogen) atoms. The predicted octanol–water partition coefficient (Wildman–Crippen LogP) is 3.01. The molecule has 3 rings (SSSR count). The highest BCUT2D eigenvalue weighted by Crippen LogP contribution is 2.36. The molecule has 0 aliphatic carbocycles. The van der Waals surface area contributed by atoms with Crippen molar-refractivity contribution in [3.8, 4) is 12.3 Å². The number of ether oxygens (including phenoxy) is 1. The number of hydrogen-bond donors (Lipinski definition) is 0. The van der Waals surface area contributed by atoms with Crippen LogP contribution in [0.1, 0.15) is 32.8 Å². The topological polar surface area (TPSA) is 32.8 Å². The van der Waals surface area contributed by atoms with Gasteiger partial charge >= 0.3 is 6.09 Å². The maximum absolute atomic E-state index is 14.1. The summed E-state index contributed by atoms with van der Waals surface area (Å²) >= 11 is 0. The van der Waals surface area contributed by atoms with Crippen molar-refractivity contribution >= 4 is 11.8 Å². The van der Waals surface area contributed by atoms with E-state index in [4.69, 9.17) is 11.2 Å². The molecule has 4 nitrogen and oxygen atoms in total. The van der Waals surface area contributed by atoms with Gasteiger partial charge in [-0.25, -0.2) is 9.18 Å². The summed E-state index contributed by atoms with van der Waals surface area (Å²) < 4.78 is 19.6. The maximum Gasteiger partial charge on any atom is 0.410 e. The molecular weight excluding hydrogens is 295 g/mol. The highest BCUT2D eigenvalue weighted by Gasteiger charge is 2.47. The van der Waals surface area contributed by atoms with E-state index in [2.05, 4.69) is 5.92 Å². The van der Waals surface area contributed by atoms with Gasteiger partial charge in [-0.15, -0.1) is 6.42 Å². The summed E-state index contributed by atoms with van der Waals surface area (Å²) in [6, 6.07) is 4.87. The van der Waals surface area contributed by atoms with Crippen LogP contribution >= 0.6 is 0 Å². The summed E-state index contributed by atoms with van der Waals surface area (Å²) in [6.07, 6.45) is 5.95. The van der Waals surface area contributed by atoms with Crippen LogP contribution < -0.4 is 4.90 Å². The van der Waals surface area contributed by atoms with Crippen molar-refractivity contribution in [2.75, 3.05) is 18.0 Å². The quantitative estimate of drug-likeness (QED) is 0.747. The predicted molar refractivity (Wildman–Crippen MR) is 86.8 cm³/mol. The number of carbonyl (C=O) groups excluding carboxylic acids is 1. The van der Waals surface area contributed by atoms with Crippen molar-refractivity contribution < 1.29 is 13.9 Å². The van der Waals surface area contributed by atoms with Crippen LogP contribution in [0.15, 0.2) is 18.2 Å². The molecule has 1 amide bonds. The number of benzene rings is 1. The molecule has 122 valence electrons. The summed E-state index contributed by atoms with van der Waals surface area (Å²) in [5, 5.41) is 0. The standard InChI is InChI=1S/C18H21FN2O2/c1-5-12-6-7-15(19)16(8-12)20-10-14-9-13(20)11-21(14)17(22)23-18(2,3)4/h1,6-8,13-14H,9-11H2,2-4H3/t13-,14-/m0/s1. The van der Waals surface area contributed by atoms with Crippen molar-refractivity contribution in [2.45, 2.75) is 44.9 Å². The number of rotatable bonds is 1. The summed E-state index contributed by atoms with van der Waals surface area (Å²) in [5.41, 5.74) is 0.677. The molecular formula is C18H21FN2O2. The lowest BCUT2D eigenvalue weighted by molar-refractivity contribution is 0.0214. The molecule has 2 aliphatic rings. The molecule has 0 saturated carbocycles. The first-order valence-electron chi connectivity index (χ1n) is 7.81. The fourth-order valence-corrected chi connectivity index (χ4v) is 3.33. The van der Waals surface area contributed by atoms with E-state index in [1.807, 2.05) is 25.7 Å². The van der Waals surface area contributed by atoms with Crippen LogP contribution in [-0.4, -0.2) is 41.8 Å². The molecule has 0 spiro atoms. The van der Waals surface area contributed by atoms with E-state index in [0.717, 1.165) is 6.42 Å². The summed E-state index contributed by atoms with van der Waals surface area (Å²) in [7, 11) is 0. The Kier molecular flexibility index (Phi) is 3.71. The third-order valence-corrected chi connectivity index (χ3v) is 4.29. The average molecular weight is 316 g/mol. The lowest BCUT2D eigenvalue weighted by atomic mass is 10.1. The van der Waals surface area contributed by atoms with Gasteiger partial charge in [0, 0.05) is 24.7 Å². The number of fused-ring (bicyclic) bond motifs is 2. The van der Waals surface area contributed by atoms with Crippen LogP contribution in [0.2, 0.25) is 0 Å². The van der Waals surface area contributed by atoms with E-state index in [1.165, 1.54) is 6.07 Å². The Labute approximate surface area is 136 Å². The fraction of sp³-hybridized carbons (Fsp3) is 0.500. The van der Waals surface area contributed by atoms with Gasteiger partial charge in [-0.1, -0.05) is 5.92 Å². The average Bonchev–Trinajstić information content (AvgIpc) is 3.06. The second kappa shape index (κ2) is 5.45. The van der Waals surface area contributed by atoms with Gasteiger partial charge in [0.25, 0.3) is 0 Å². The van der Waals surface area contributed by atoms with Crippen molar-refractivity contribution in [1.82, 2.24) is 4.90 Å². The minimum Gasteiger partial charge on any atom is -0.444 e. The summed E-state index contributed by atoms with van der Waals surface area (Å²) in [5.74, 6) is 2.26. The monoisotopic (exact) mass is 316 g/mol. The second-order valence-electron chi connectivity index (χ2n) is 7.14. The third-order valence-electron chi connectivity index (χ3n) is 4.29. The normalized spacial score (nSPS) is 23.1. The largest absolute Gasteiger partial charge is 0.444 e. The van der Waals surface area contributed by atoms with E-state index < -0.39 is 5.60 Å². The van der Waals surface area contributed by atoms with Crippen molar-refractivity contribution in [3.63, 3.8) is 0 Å². The smallest absolute Gasteiger partial charge is 0.410 e. The SMILES string of the molecule is C#Cc1ccc(F)c(N2C[C@@H]3C[C@H]2CN3C(=O)OC(C)(C)C)c1. The van der Waals surface area contributed by atoms with Crippen LogP contribution in [0.4, 0.5) is 14.9 Å². The molecule has 0 aromatic heterocycles. The molecule has 5 heteroatoms. The first-order chi connectivity index (χ1) is 10.8. The Hall–Kier alpha value is -2.22. The number of nitrogens with zero attached hydrogens (tertiary/aromatic N) is 2. The number of likely N-dealkylation sites (tertiary alicyclic amines) is 1. The molecule has 1 aromatic rings. The number of carbonyl (C=O) groups is 1. The number of amides is 1. The number of hydrogen-bond acceptors (Lipinski definition) is 3. The number of piperazine rings is 1. The number of terminal acetylenes is 1. The Morgan fingerprint density at radius 2 is 2.09 bits per heavy atom. The van der Waals surface area contributed by atoms with Crippen LogP contribution in [0.25, 0.3) is 0 Å². The number of halogens is 1. The summed E-state index contributed by atoms with van der Waals surface area (Å²) in [6.45, 7) is 6.72. The molecule has 0 N–H and O–H groups in total. The molecule has 2 saturated heterocycles. The third kappa shape index (κ3) is 2.98. The van der Waals surface area contributed by atoms with E-state index >= 15 is 0 Å². The maximum atomic E-state index is 14.1. The van der Waals surface area contributed by atoms with Gasteiger partial charge < -0.3 is 14.5 Å². The van der Waals surface area contributed by atoms with Gasteiger partial charge in [0.15, 0.2) is 0 Å². The molecule has 2 aliphatic heterocycles. The Bertz CT molecular complexity index is 675. The van der Waals surface area contributed by atoms with Gasteiger partial charge in [0.2, 0.25) is 0 Å². The zero-order chi connectivity index (χ0) is 16.8. The second-order valence-corrected chi connectivity index (χ2v) is 7.14. The lowest BCUT2D eigenvalue weighted by Crippen LogP contribution is -2.50. The fourth-order valence-electron chi connectivity index (χ4n) is 3.33. The zero-order valence-electron chi connectivity index (χ0n) is 13.7. The van der Waals surface area contributed by atoms with E-state index in [0.29, 0.717) is 24.3 Å². The molecule has 2 bridgehead atoms. The first-order valence-corrected chi connectivity index (χ1v) is 7.81. The highest BCUT2D eigenvalue weighted by atomic mass is 19.1. The molecule has 2 fully saturated rings. The van der Waals surface area contributed by atoms with Gasteiger partial charge in [-0.3, -0.25) is 0 Å². The van der Waals surface area contributed by atoms with Crippen molar-refractivity contribution in [3.05, 3.63) is 29.6 Å². The van der Waals surface area contributed by atoms with Crippen LogP contribution in [-0.2, 0) is 4.74 Å². The van der Waals surface area contributed by atoms with E-state index in [-0.39, 0.29) is 24.0 Å². The van der Waals surface area contributed by atoms with Gasteiger partial charge in [0.05, 0.1) is 11.7 Å². The number of anilines is 1. The van der Waals surface area contributed by atoms with Crippen LogP contribution in [0.3, 0.4) is 0 Å². The minimum absolute atomic E-state index is 0.0590. The van der Waals surface area contributed by atoms with Crippen molar-refractivity contribution in [2.24, 2.45) is 0 Å². The lowest BCUT2D eigenvalue weighted by Gasteiger charge is -2.36. The molecule has 0 unspecified atom stereocenters. The first kappa shape index (κ1) is 15.7.